The molecule has 1 N–H and O–H groups in total. The van der Waals surface area contributed by atoms with E-state index >= 15 is 0 Å². The second kappa shape index (κ2) is 12.5. The summed E-state index contributed by atoms with van der Waals surface area (Å²) in [6.45, 7) is 6.40. The minimum atomic E-state index is -0.0552. The number of rotatable bonds is 7. The molecule has 0 saturated carbocycles. The van der Waals surface area contributed by atoms with Crippen LogP contribution in [0, 0.1) is 6.92 Å². The molecule has 2 aliphatic heterocycles. The van der Waals surface area contributed by atoms with Crippen LogP contribution in [-0.4, -0.2) is 42.9 Å². The average Bonchev–Trinajstić information content (AvgIpc) is 3.20. The van der Waals surface area contributed by atoms with Gasteiger partial charge in [-0.05, 0) is 74.3 Å². The highest BCUT2D eigenvalue weighted by Crippen LogP contribution is 2.42. The summed E-state index contributed by atoms with van der Waals surface area (Å²) in [6, 6.07) is 23.8. The number of hydrogen-bond donors (Lipinski definition) is 1. The molecule has 2 aliphatic rings. The molecule has 2 amide bonds. The smallest absolute Gasteiger partial charge is 0.265 e. The molecule has 0 atom stereocenters. The first-order chi connectivity index (χ1) is 18.6. The zero-order valence-corrected chi connectivity index (χ0v) is 22.8. The van der Waals surface area contributed by atoms with Crippen molar-refractivity contribution in [1.82, 2.24) is 10.2 Å². The zero-order valence-electron chi connectivity index (χ0n) is 22.0. The monoisotopic (exact) mass is 525 g/mol. The maximum Gasteiger partial charge on any atom is 0.265 e. The molecule has 38 heavy (non-hydrogen) atoms. The van der Waals surface area contributed by atoms with Crippen LogP contribution in [0.15, 0.2) is 82.6 Å². The van der Waals surface area contributed by atoms with E-state index < -0.39 is 0 Å². The summed E-state index contributed by atoms with van der Waals surface area (Å²) in [5.41, 5.74) is 4.75. The van der Waals surface area contributed by atoms with Crippen molar-refractivity contribution in [3.8, 4) is 0 Å². The Morgan fingerprint density at radius 3 is 2.47 bits per heavy atom. The number of amides is 2. The van der Waals surface area contributed by atoms with Gasteiger partial charge in [-0.1, -0.05) is 78.7 Å². The number of likely N-dealkylation sites (tertiary alicyclic amines) is 1. The van der Waals surface area contributed by atoms with Crippen molar-refractivity contribution in [1.29, 1.82) is 0 Å². The number of nitrogens with zero attached hydrogens (tertiary/aromatic N) is 2. The molecule has 3 aromatic rings. The first-order valence-corrected chi connectivity index (χ1v) is 14.3. The van der Waals surface area contributed by atoms with E-state index in [0.717, 1.165) is 41.3 Å². The Morgan fingerprint density at radius 1 is 0.947 bits per heavy atom. The summed E-state index contributed by atoms with van der Waals surface area (Å²) < 4.78 is 0. The largest absolute Gasteiger partial charge is 0.351 e. The number of para-hydroxylation sites is 1. The molecule has 0 aromatic heterocycles. The Morgan fingerprint density at radius 2 is 1.71 bits per heavy atom. The molecule has 0 unspecified atom stereocenters. The Kier molecular flexibility index (Phi) is 8.61. The van der Waals surface area contributed by atoms with Gasteiger partial charge >= 0.3 is 0 Å². The first kappa shape index (κ1) is 26.3. The van der Waals surface area contributed by atoms with Crippen molar-refractivity contribution < 1.29 is 9.59 Å². The number of benzene rings is 3. The van der Waals surface area contributed by atoms with E-state index in [1.807, 2.05) is 59.5 Å². The van der Waals surface area contributed by atoms with Gasteiger partial charge in [0.1, 0.15) is 0 Å². The number of carbonyl (C=O) groups is 2. The van der Waals surface area contributed by atoms with Crippen molar-refractivity contribution in [2.24, 2.45) is 0 Å². The van der Waals surface area contributed by atoms with Gasteiger partial charge in [0.15, 0.2) is 0 Å². The maximum atomic E-state index is 13.6. The second-order valence-corrected chi connectivity index (χ2v) is 11.2. The van der Waals surface area contributed by atoms with E-state index in [0.29, 0.717) is 23.6 Å². The Hall–Kier alpha value is -3.35. The SMILES string of the molecule is Cc1cccc(CN2C(=O)C(=Cc3ccc(C(=O)NCCN4CCCCCC4)cc3)Sc3ccccc32)c1. The molecule has 0 bridgehead atoms. The highest BCUT2D eigenvalue weighted by atomic mass is 32.2. The molecule has 6 heteroatoms. The third kappa shape index (κ3) is 6.55. The van der Waals surface area contributed by atoms with Gasteiger partial charge in [0.25, 0.3) is 11.8 Å². The van der Waals surface area contributed by atoms with Crippen molar-refractivity contribution in [2.75, 3.05) is 31.1 Å². The van der Waals surface area contributed by atoms with Gasteiger partial charge in [0.2, 0.25) is 0 Å². The Balaban J connectivity index is 1.26. The molecule has 0 spiro atoms. The lowest BCUT2D eigenvalue weighted by molar-refractivity contribution is -0.114. The predicted octanol–water partition coefficient (Wildman–Crippen LogP) is 6.28. The van der Waals surface area contributed by atoms with E-state index in [-0.39, 0.29) is 11.8 Å². The minimum Gasteiger partial charge on any atom is -0.351 e. The second-order valence-electron chi connectivity index (χ2n) is 10.1. The number of aryl methyl sites for hydroxylation is 1. The molecule has 1 saturated heterocycles. The van der Waals surface area contributed by atoms with Crippen LogP contribution >= 0.6 is 11.8 Å². The van der Waals surface area contributed by atoms with Gasteiger partial charge in [-0.2, -0.15) is 0 Å². The zero-order chi connectivity index (χ0) is 26.3. The summed E-state index contributed by atoms with van der Waals surface area (Å²) in [5.74, 6) is -0.0639. The van der Waals surface area contributed by atoms with Crippen LogP contribution in [0.3, 0.4) is 0 Å². The van der Waals surface area contributed by atoms with Gasteiger partial charge in [0.05, 0.1) is 17.1 Å². The van der Waals surface area contributed by atoms with Crippen LogP contribution in [0.5, 0.6) is 0 Å². The van der Waals surface area contributed by atoms with Crippen molar-refractivity contribution in [3.63, 3.8) is 0 Å². The van der Waals surface area contributed by atoms with Gasteiger partial charge in [-0.3, -0.25) is 9.59 Å². The normalized spacial score (nSPS) is 17.2. The number of nitrogens with one attached hydrogen (secondary N) is 1. The first-order valence-electron chi connectivity index (χ1n) is 13.5. The van der Waals surface area contributed by atoms with Crippen LogP contribution in [0.25, 0.3) is 6.08 Å². The molecule has 0 aliphatic carbocycles. The Labute approximate surface area is 229 Å². The fourth-order valence-electron chi connectivity index (χ4n) is 5.08. The van der Waals surface area contributed by atoms with Crippen LogP contribution in [0.1, 0.15) is 52.7 Å². The molecule has 5 rings (SSSR count). The summed E-state index contributed by atoms with van der Waals surface area (Å²) in [4.78, 5) is 32.3. The highest BCUT2D eigenvalue weighted by molar-refractivity contribution is 8.04. The lowest BCUT2D eigenvalue weighted by atomic mass is 10.1. The fourth-order valence-corrected chi connectivity index (χ4v) is 6.14. The van der Waals surface area contributed by atoms with Crippen LogP contribution in [0.2, 0.25) is 0 Å². The maximum absolute atomic E-state index is 13.6. The molecular formula is C32H35N3O2S. The Bertz CT molecular complexity index is 1310. The van der Waals surface area contributed by atoms with E-state index in [4.69, 9.17) is 0 Å². The van der Waals surface area contributed by atoms with Crippen LogP contribution in [0.4, 0.5) is 5.69 Å². The lowest BCUT2D eigenvalue weighted by Gasteiger charge is -2.30. The molecule has 196 valence electrons. The number of thioether (sulfide) groups is 1. The quantitative estimate of drug-likeness (QED) is 0.369. The lowest BCUT2D eigenvalue weighted by Crippen LogP contribution is -2.35. The number of carbonyl (C=O) groups excluding carboxylic acids is 2. The van der Waals surface area contributed by atoms with Gasteiger partial charge in [-0.15, -0.1) is 0 Å². The number of hydrogen-bond acceptors (Lipinski definition) is 4. The molecule has 2 heterocycles. The highest BCUT2D eigenvalue weighted by Gasteiger charge is 2.29. The molecular weight excluding hydrogens is 490 g/mol. The molecule has 3 aromatic carbocycles. The van der Waals surface area contributed by atoms with Gasteiger partial charge < -0.3 is 15.1 Å². The predicted molar refractivity (Wildman–Crippen MR) is 156 cm³/mol. The van der Waals surface area contributed by atoms with E-state index in [1.165, 1.54) is 43.0 Å². The molecule has 0 radical (unpaired) electrons. The summed E-state index contributed by atoms with van der Waals surface area (Å²) in [5, 5.41) is 3.06. The molecule has 1 fully saturated rings. The number of fused-ring (bicyclic) bond motifs is 1. The minimum absolute atomic E-state index is 0.00876. The standard InChI is InChI=1S/C32H35N3O2S/c1-24-9-8-10-26(21-24)23-35-28-11-4-5-12-29(28)38-30(32(35)37)22-25-13-15-27(16-14-25)31(36)33-17-20-34-18-6-2-3-7-19-34/h4-5,8-16,21-22H,2-3,6-7,17-20,23H2,1H3,(H,33,36). The van der Waals surface area contributed by atoms with Crippen LogP contribution < -0.4 is 10.2 Å². The fraction of sp³-hybridized carbons (Fsp3) is 0.312. The van der Waals surface area contributed by atoms with E-state index in [2.05, 4.69) is 41.4 Å². The third-order valence-electron chi connectivity index (χ3n) is 7.14. The summed E-state index contributed by atoms with van der Waals surface area (Å²) in [7, 11) is 0. The number of anilines is 1. The van der Waals surface area contributed by atoms with Crippen molar-refractivity contribution >= 4 is 35.3 Å². The van der Waals surface area contributed by atoms with Crippen LogP contribution in [-0.2, 0) is 11.3 Å². The average molecular weight is 526 g/mol. The topological polar surface area (TPSA) is 52.7 Å². The van der Waals surface area contributed by atoms with E-state index in [9.17, 15) is 9.59 Å². The van der Waals surface area contributed by atoms with E-state index in [1.54, 1.807) is 0 Å². The summed E-state index contributed by atoms with van der Waals surface area (Å²) in [6.07, 6.45) is 7.05. The van der Waals surface area contributed by atoms with Gasteiger partial charge in [0, 0.05) is 23.5 Å². The summed E-state index contributed by atoms with van der Waals surface area (Å²) >= 11 is 1.50. The van der Waals surface area contributed by atoms with Crippen molar-refractivity contribution in [3.05, 3.63) is 100.0 Å². The van der Waals surface area contributed by atoms with Gasteiger partial charge in [-0.25, -0.2) is 0 Å². The van der Waals surface area contributed by atoms with Crippen molar-refractivity contribution in [2.45, 2.75) is 44.0 Å². The third-order valence-corrected chi connectivity index (χ3v) is 8.22. The molecule has 5 nitrogen and oxygen atoms in total.